The smallest absolute Gasteiger partial charge is 0.225 e. The number of carbonyl (C=O) groups is 1. The van der Waals surface area contributed by atoms with E-state index in [1.807, 2.05) is 48.6 Å². The lowest BCUT2D eigenvalue weighted by molar-refractivity contribution is -0.133. The SMILES string of the molecule is COc1ccc(OC)c([C@@H]2CCCN2C(=O)C[C@H](C)n2nc(C)c(Cl)c2C)c1. The Kier molecular flexibility index (Phi) is 6.18. The highest BCUT2D eigenvalue weighted by Gasteiger charge is 2.33. The summed E-state index contributed by atoms with van der Waals surface area (Å²) in [5, 5.41) is 5.16. The van der Waals surface area contributed by atoms with Crippen LogP contribution < -0.4 is 9.47 Å². The molecule has 1 aliphatic rings. The minimum absolute atomic E-state index is 0.00575. The minimum Gasteiger partial charge on any atom is -0.497 e. The van der Waals surface area contributed by atoms with E-state index in [0.717, 1.165) is 47.8 Å². The van der Waals surface area contributed by atoms with E-state index >= 15 is 0 Å². The molecule has 2 atom stereocenters. The zero-order valence-electron chi connectivity index (χ0n) is 17.2. The minimum atomic E-state index is -0.0628. The van der Waals surface area contributed by atoms with Crippen LogP contribution in [0, 0.1) is 13.8 Å². The Morgan fingerprint density at radius 3 is 2.68 bits per heavy atom. The normalized spacial score (nSPS) is 17.6. The Morgan fingerprint density at radius 2 is 2.07 bits per heavy atom. The molecular weight excluding hydrogens is 378 g/mol. The highest BCUT2D eigenvalue weighted by molar-refractivity contribution is 6.31. The third-order valence-electron chi connectivity index (χ3n) is 5.49. The van der Waals surface area contributed by atoms with Gasteiger partial charge in [0.25, 0.3) is 0 Å². The summed E-state index contributed by atoms with van der Waals surface area (Å²) < 4.78 is 12.8. The van der Waals surface area contributed by atoms with E-state index in [1.165, 1.54) is 0 Å². The molecule has 0 N–H and O–H groups in total. The topological polar surface area (TPSA) is 56.6 Å². The lowest BCUT2D eigenvalue weighted by Crippen LogP contribution is -2.32. The van der Waals surface area contributed by atoms with Crippen molar-refractivity contribution in [3.05, 3.63) is 40.2 Å². The van der Waals surface area contributed by atoms with Crippen LogP contribution in [0.1, 0.15) is 55.2 Å². The fourth-order valence-electron chi connectivity index (χ4n) is 4.02. The summed E-state index contributed by atoms with van der Waals surface area (Å²) in [5.41, 5.74) is 2.68. The molecule has 1 amide bonds. The monoisotopic (exact) mass is 405 g/mol. The quantitative estimate of drug-likeness (QED) is 0.710. The van der Waals surface area contributed by atoms with Gasteiger partial charge in [0.15, 0.2) is 0 Å². The highest BCUT2D eigenvalue weighted by Crippen LogP contribution is 2.39. The van der Waals surface area contributed by atoms with Gasteiger partial charge in [-0.15, -0.1) is 0 Å². The van der Waals surface area contributed by atoms with Gasteiger partial charge in [-0.1, -0.05) is 11.6 Å². The maximum atomic E-state index is 13.1. The predicted molar refractivity (Wildman–Crippen MR) is 109 cm³/mol. The van der Waals surface area contributed by atoms with Crippen molar-refractivity contribution in [3.63, 3.8) is 0 Å². The summed E-state index contributed by atoms with van der Waals surface area (Å²) in [5.74, 6) is 1.66. The van der Waals surface area contributed by atoms with Gasteiger partial charge >= 0.3 is 0 Å². The molecule has 3 rings (SSSR count). The van der Waals surface area contributed by atoms with Gasteiger partial charge in [0, 0.05) is 18.5 Å². The predicted octanol–water partition coefficient (Wildman–Crippen LogP) is 4.49. The molecule has 1 aromatic heterocycles. The van der Waals surface area contributed by atoms with E-state index < -0.39 is 0 Å². The van der Waals surface area contributed by atoms with Gasteiger partial charge in [0.1, 0.15) is 11.5 Å². The molecule has 0 aliphatic carbocycles. The molecule has 0 bridgehead atoms. The molecule has 0 spiro atoms. The molecule has 2 heterocycles. The maximum Gasteiger partial charge on any atom is 0.225 e. The van der Waals surface area contributed by atoms with Gasteiger partial charge < -0.3 is 14.4 Å². The van der Waals surface area contributed by atoms with Crippen molar-refractivity contribution >= 4 is 17.5 Å². The van der Waals surface area contributed by atoms with Crippen molar-refractivity contribution in [1.29, 1.82) is 0 Å². The highest BCUT2D eigenvalue weighted by atomic mass is 35.5. The Bertz CT molecular complexity index is 865. The van der Waals surface area contributed by atoms with Crippen LogP contribution >= 0.6 is 11.6 Å². The molecule has 1 aliphatic heterocycles. The molecule has 1 saturated heterocycles. The Hall–Kier alpha value is -2.21. The van der Waals surface area contributed by atoms with E-state index in [-0.39, 0.29) is 18.0 Å². The van der Waals surface area contributed by atoms with Gasteiger partial charge in [-0.05, 0) is 51.8 Å². The Labute approximate surface area is 171 Å². The number of likely N-dealkylation sites (tertiary alicyclic amines) is 1. The van der Waals surface area contributed by atoms with Crippen LogP contribution in [0.15, 0.2) is 18.2 Å². The zero-order chi connectivity index (χ0) is 20.4. The van der Waals surface area contributed by atoms with Crippen molar-refractivity contribution < 1.29 is 14.3 Å². The van der Waals surface area contributed by atoms with Crippen LogP contribution in [0.3, 0.4) is 0 Å². The zero-order valence-corrected chi connectivity index (χ0v) is 17.9. The summed E-state index contributed by atoms with van der Waals surface area (Å²) >= 11 is 6.27. The number of aromatic nitrogens is 2. The number of aryl methyl sites for hydroxylation is 1. The summed E-state index contributed by atoms with van der Waals surface area (Å²) in [6, 6.07) is 5.67. The molecule has 152 valence electrons. The van der Waals surface area contributed by atoms with E-state index in [0.29, 0.717) is 11.4 Å². The molecule has 2 aromatic rings. The Balaban J connectivity index is 1.81. The first-order valence-electron chi connectivity index (χ1n) is 9.60. The summed E-state index contributed by atoms with van der Waals surface area (Å²) in [6.07, 6.45) is 2.26. The molecular formula is C21H28ClN3O3. The van der Waals surface area contributed by atoms with E-state index in [4.69, 9.17) is 21.1 Å². The number of methoxy groups -OCH3 is 2. The maximum absolute atomic E-state index is 13.1. The number of benzene rings is 1. The molecule has 6 nitrogen and oxygen atoms in total. The summed E-state index contributed by atoms with van der Waals surface area (Å²) in [7, 11) is 3.30. The van der Waals surface area contributed by atoms with Gasteiger partial charge in [-0.3, -0.25) is 9.48 Å². The third kappa shape index (κ3) is 3.83. The van der Waals surface area contributed by atoms with E-state index in [2.05, 4.69) is 5.10 Å². The van der Waals surface area contributed by atoms with Crippen molar-refractivity contribution in [1.82, 2.24) is 14.7 Å². The Morgan fingerprint density at radius 1 is 1.32 bits per heavy atom. The number of carbonyl (C=O) groups excluding carboxylic acids is 1. The van der Waals surface area contributed by atoms with Gasteiger partial charge in [0.2, 0.25) is 5.91 Å². The van der Waals surface area contributed by atoms with Crippen LogP contribution in [0.25, 0.3) is 0 Å². The van der Waals surface area contributed by atoms with Gasteiger partial charge in [-0.25, -0.2) is 0 Å². The second-order valence-electron chi connectivity index (χ2n) is 7.34. The molecule has 1 aromatic carbocycles. The molecule has 1 fully saturated rings. The second kappa shape index (κ2) is 8.43. The van der Waals surface area contributed by atoms with Gasteiger partial charge in [-0.2, -0.15) is 5.10 Å². The lowest BCUT2D eigenvalue weighted by Gasteiger charge is -2.28. The number of rotatable bonds is 6. The van der Waals surface area contributed by atoms with Crippen LogP contribution in [0.4, 0.5) is 0 Å². The standard InChI is InChI=1S/C21H28ClN3O3/c1-13(25-15(3)21(22)14(2)23-25)11-20(26)24-10-6-7-18(24)17-12-16(27-4)8-9-19(17)28-5/h8-9,12-13,18H,6-7,10-11H2,1-5H3/t13-,18-/m0/s1. The first-order valence-corrected chi connectivity index (χ1v) is 9.97. The fourth-order valence-corrected chi connectivity index (χ4v) is 4.14. The first kappa shape index (κ1) is 20.5. The summed E-state index contributed by atoms with van der Waals surface area (Å²) in [4.78, 5) is 15.1. The molecule has 0 saturated carbocycles. The van der Waals surface area contributed by atoms with Crippen molar-refractivity contribution in [3.8, 4) is 11.5 Å². The molecule has 0 unspecified atom stereocenters. The van der Waals surface area contributed by atoms with Crippen LogP contribution in [0.5, 0.6) is 11.5 Å². The number of hydrogen-bond acceptors (Lipinski definition) is 4. The first-order chi connectivity index (χ1) is 13.4. The number of halogens is 1. The fraction of sp³-hybridized carbons (Fsp3) is 0.524. The summed E-state index contributed by atoms with van der Waals surface area (Å²) in [6.45, 7) is 6.56. The lowest BCUT2D eigenvalue weighted by atomic mass is 10.0. The largest absolute Gasteiger partial charge is 0.497 e. The number of amides is 1. The second-order valence-corrected chi connectivity index (χ2v) is 7.71. The van der Waals surface area contributed by atoms with E-state index in [9.17, 15) is 4.79 Å². The molecule has 7 heteroatoms. The van der Waals surface area contributed by atoms with Crippen molar-refractivity contribution in [2.24, 2.45) is 0 Å². The van der Waals surface area contributed by atoms with E-state index in [1.54, 1.807) is 14.2 Å². The molecule has 0 radical (unpaired) electrons. The average Bonchev–Trinajstić information content (AvgIpc) is 3.28. The van der Waals surface area contributed by atoms with Crippen molar-refractivity contribution in [2.45, 2.75) is 52.1 Å². The average molecular weight is 406 g/mol. The van der Waals surface area contributed by atoms with Gasteiger partial charge in [0.05, 0.1) is 42.7 Å². The number of hydrogen-bond donors (Lipinski definition) is 0. The molecule has 28 heavy (non-hydrogen) atoms. The van der Waals surface area contributed by atoms with Crippen LogP contribution in [0.2, 0.25) is 5.02 Å². The van der Waals surface area contributed by atoms with Crippen molar-refractivity contribution in [2.75, 3.05) is 20.8 Å². The number of ether oxygens (including phenoxy) is 2. The number of nitrogens with zero attached hydrogens (tertiary/aromatic N) is 3. The van der Waals surface area contributed by atoms with Crippen LogP contribution in [-0.4, -0.2) is 41.4 Å². The van der Waals surface area contributed by atoms with Crippen LogP contribution in [-0.2, 0) is 4.79 Å². The third-order valence-corrected chi connectivity index (χ3v) is 6.04.